The second-order valence-corrected chi connectivity index (χ2v) is 4.90. The Morgan fingerprint density at radius 1 is 1.35 bits per heavy atom. The predicted molar refractivity (Wildman–Crippen MR) is 75.3 cm³/mol. The highest BCUT2D eigenvalue weighted by Gasteiger charge is 2.36. The molecule has 5 heteroatoms. The van der Waals surface area contributed by atoms with Crippen LogP contribution in [0.15, 0.2) is 30.3 Å². The zero-order valence-electron chi connectivity index (χ0n) is 12.1. The van der Waals surface area contributed by atoms with Gasteiger partial charge in [0.2, 0.25) is 0 Å². The third-order valence-electron chi connectivity index (χ3n) is 3.20. The van der Waals surface area contributed by atoms with Gasteiger partial charge in [-0.15, -0.1) is 0 Å². The molecule has 0 aliphatic heterocycles. The number of carbonyl (C=O) groups is 2. The number of aliphatic carboxylic acids is 1. The van der Waals surface area contributed by atoms with Gasteiger partial charge >= 0.3 is 5.97 Å². The van der Waals surface area contributed by atoms with Gasteiger partial charge in [0.25, 0.3) is 5.91 Å². The van der Waals surface area contributed by atoms with E-state index in [1.807, 2.05) is 13.0 Å². The lowest BCUT2D eigenvalue weighted by atomic mass is 9.95. The van der Waals surface area contributed by atoms with Gasteiger partial charge in [0.15, 0.2) is 6.10 Å². The molecule has 0 aliphatic carbocycles. The highest BCUT2D eigenvalue weighted by atomic mass is 16.5. The Labute approximate surface area is 118 Å². The minimum atomic E-state index is -1.28. The molecule has 0 fully saturated rings. The summed E-state index contributed by atoms with van der Waals surface area (Å²) in [5, 5.41) is 11.9. The normalized spacial score (nSPS) is 15.2. The summed E-state index contributed by atoms with van der Waals surface area (Å²) in [6, 6.07) is 8.98. The van der Waals surface area contributed by atoms with Crippen LogP contribution in [-0.2, 0) is 14.3 Å². The molecule has 1 amide bonds. The molecule has 1 rings (SSSR count). The van der Waals surface area contributed by atoms with E-state index in [9.17, 15) is 14.7 Å². The number of hydrogen-bond acceptors (Lipinski definition) is 3. The van der Waals surface area contributed by atoms with E-state index >= 15 is 0 Å². The standard InChI is InChI=1S/C15H21NO4/c1-4-10-15(2,14(18)19)16-13(17)12(20-3)11-8-6-5-7-9-11/h5-9,12H,4,10H2,1-3H3,(H,16,17)(H,18,19). The van der Waals surface area contributed by atoms with Crippen molar-refractivity contribution in [1.29, 1.82) is 0 Å². The number of carbonyl (C=O) groups excluding carboxylic acids is 1. The highest BCUT2D eigenvalue weighted by molar-refractivity contribution is 5.89. The summed E-state index contributed by atoms with van der Waals surface area (Å²) in [4.78, 5) is 23.6. The molecule has 0 aliphatic rings. The average molecular weight is 279 g/mol. The molecule has 0 saturated heterocycles. The van der Waals surface area contributed by atoms with E-state index in [1.54, 1.807) is 24.3 Å². The summed E-state index contributed by atoms with van der Waals surface area (Å²) in [5.74, 6) is -1.49. The number of methoxy groups -OCH3 is 1. The number of amides is 1. The molecule has 0 aromatic heterocycles. The van der Waals surface area contributed by atoms with Crippen molar-refractivity contribution in [2.24, 2.45) is 0 Å². The second kappa shape index (κ2) is 7.05. The van der Waals surface area contributed by atoms with Gasteiger partial charge in [-0.05, 0) is 18.9 Å². The Hall–Kier alpha value is -1.88. The quantitative estimate of drug-likeness (QED) is 0.801. The van der Waals surface area contributed by atoms with Gasteiger partial charge in [-0.3, -0.25) is 4.79 Å². The van der Waals surface area contributed by atoms with Crippen LogP contribution in [0.1, 0.15) is 38.4 Å². The van der Waals surface area contributed by atoms with Gasteiger partial charge in [-0.2, -0.15) is 0 Å². The third-order valence-corrected chi connectivity index (χ3v) is 3.20. The van der Waals surface area contributed by atoms with Crippen molar-refractivity contribution in [3.05, 3.63) is 35.9 Å². The topological polar surface area (TPSA) is 75.6 Å². The Bertz CT molecular complexity index is 460. The van der Waals surface area contributed by atoms with Gasteiger partial charge in [-0.25, -0.2) is 4.79 Å². The number of carboxylic acids is 1. The predicted octanol–water partition coefficient (Wildman–Crippen LogP) is 2.13. The monoisotopic (exact) mass is 279 g/mol. The van der Waals surface area contributed by atoms with E-state index in [2.05, 4.69) is 5.32 Å². The van der Waals surface area contributed by atoms with Crippen molar-refractivity contribution in [1.82, 2.24) is 5.32 Å². The van der Waals surface area contributed by atoms with Crippen molar-refractivity contribution in [2.75, 3.05) is 7.11 Å². The van der Waals surface area contributed by atoms with Crippen LogP contribution in [0.2, 0.25) is 0 Å². The number of rotatable bonds is 7. The van der Waals surface area contributed by atoms with E-state index in [1.165, 1.54) is 14.0 Å². The van der Waals surface area contributed by atoms with Crippen molar-refractivity contribution in [3.63, 3.8) is 0 Å². The SMILES string of the molecule is CCCC(C)(NC(=O)C(OC)c1ccccc1)C(=O)O. The fourth-order valence-corrected chi connectivity index (χ4v) is 2.08. The van der Waals surface area contributed by atoms with Gasteiger partial charge in [0, 0.05) is 7.11 Å². The van der Waals surface area contributed by atoms with E-state index in [-0.39, 0.29) is 0 Å². The smallest absolute Gasteiger partial charge is 0.329 e. The third kappa shape index (κ3) is 3.81. The molecular weight excluding hydrogens is 258 g/mol. The summed E-state index contributed by atoms with van der Waals surface area (Å²) >= 11 is 0. The fourth-order valence-electron chi connectivity index (χ4n) is 2.08. The fraction of sp³-hybridized carbons (Fsp3) is 0.467. The first-order valence-electron chi connectivity index (χ1n) is 6.57. The van der Waals surface area contributed by atoms with Gasteiger partial charge in [0.05, 0.1) is 0 Å². The summed E-state index contributed by atoms with van der Waals surface area (Å²) in [5.41, 5.74) is -0.589. The van der Waals surface area contributed by atoms with E-state index in [0.29, 0.717) is 18.4 Å². The van der Waals surface area contributed by atoms with E-state index in [4.69, 9.17) is 4.74 Å². The highest BCUT2D eigenvalue weighted by Crippen LogP contribution is 2.20. The maximum Gasteiger partial charge on any atom is 0.329 e. The van der Waals surface area contributed by atoms with Crippen LogP contribution in [0.5, 0.6) is 0 Å². The number of nitrogens with one attached hydrogen (secondary N) is 1. The Morgan fingerprint density at radius 2 is 1.95 bits per heavy atom. The maximum absolute atomic E-state index is 12.3. The Kier molecular flexibility index (Phi) is 5.70. The summed E-state index contributed by atoms with van der Waals surface area (Å²) in [6.07, 6.45) is 0.206. The lowest BCUT2D eigenvalue weighted by molar-refractivity contribution is -0.149. The lowest BCUT2D eigenvalue weighted by Crippen LogP contribution is -2.53. The molecule has 0 radical (unpaired) electrons. The number of hydrogen-bond donors (Lipinski definition) is 2. The molecule has 0 spiro atoms. The van der Waals surface area contributed by atoms with Crippen molar-refractivity contribution >= 4 is 11.9 Å². The van der Waals surface area contributed by atoms with Crippen molar-refractivity contribution in [3.8, 4) is 0 Å². The zero-order chi connectivity index (χ0) is 15.2. The van der Waals surface area contributed by atoms with Crippen LogP contribution in [-0.4, -0.2) is 29.6 Å². The van der Waals surface area contributed by atoms with Crippen LogP contribution in [0.3, 0.4) is 0 Å². The average Bonchev–Trinajstić information content (AvgIpc) is 2.40. The molecule has 110 valence electrons. The van der Waals surface area contributed by atoms with Crippen LogP contribution >= 0.6 is 0 Å². The molecule has 20 heavy (non-hydrogen) atoms. The first-order chi connectivity index (χ1) is 9.44. The van der Waals surface area contributed by atoms with Crippen molar-refractivity contribution < 1.29 is 19.4 Å². The van der Waals surface area contributed by atoms with E-state index < -0.39 is 23.5 Å². The van der Waals surface area contributed by atoms with Gasteiger partial charge in [-0.1, -0.05) is 43.7 Å². The number of benzene rings is 1. The Morgan fingerprint density at radius 3 is 2.40 bits per heavy atom. The largest absolute Gasteiger partial charge is 0.480 e. The minimum Gasteiger partial charge on any atom is -0.480 e. The van der Waals surface area contributed by atoms with Gasteiger partial charge < -0.3 is 15.2 Å². The molecule has 1 aromatic carbocycles. The maximum atomic E-state index is 12.3. The minimum absolute atomic E-state index is 0.360. The molecule has 2 atom stereocenters. The van der Waals surface area contributed by atoms with Crippen LogP contribution in [0.25, 0.3) is 0 Å². The molecule has 1 aromatic rings. The Balaban J connectivity index is 2.90. The summed E-state index contributed by atoms with van der Waals surface area (Å²) in [6.45, 7) is 3.38. The first kappa shape index (κ1) is 16.2. The lowest BCUT2D eigenvalue weighted by Gasteiger charge is -2.28. The summed E-state index contributed by atoms with van der Waals surface area (Å²) in [7, 11) is 1.43. The molecule has 5 nitrogen and oxygen atoms in total. The first-order valence-corrected chi connectivity index (χ1v) is 6.57. The summed E-state index contributed by atoms with van der Waals surface area (Å²) < 4.78 is 5.20. The van der Waals surface area contributed by atoms with Crippen LogP contribution in [0, 0.1) is 0 Å². The molecule has 0 saturated carbocycles. The molecule has 2 unspecified atom stereocenters. The van der Waals surface area contributed by atoms with Crippen molar-refractivity contribution in [2.45, 2.75) is 38.3 Å². The van der Waals surface area contributed by atoms with Crippen LogP contribution in [0.4, 0.5) is 0 Å². The van der Waals surface area contributed by atoms with E-state index in [0.717, 1.165) is 0 Å². The zero-order valence-corrected chi connectivity index (χ0v) is 12.1. The van der Waals surface area contributed by atoms with Gasteiger partial charge in [0.1, 0.15) is 5.54 Å². The number of carboxylic acid groups (broad SMARTS) is 1. The number of ether oxygens (including phenoxy) is 1. The second-order valence-electron chi connectivity index (χ2n) is 4.90. The van der Waals surface area contributed by atoms with Crippen LogP contribution < -0.4 is 5.32 Å². The molecule has 2 N–H and O–H groups in total. The molecule has 0 bridgehead atoms. The molecule has 0 heterocycles. The molecular formula is C15H21NO4.